The molecule has 0 radical (unpaired) electrons. The maximum absolute atomic E-state index is 13.5. The SMILES string of the molecule is C[C@@H]1CC[C@@H](c2nc3cc(Cl)ccc3o2)CN1C(=O)c1ccccc1-n1nccn1. The Hall–Kier alpha value is -3.19. The van der Waals surface area contributed by atoms with Gasteiger partial charge in [-0.05, 0) is 50.1 Å². The standard InChI is InChI=1S/C22H20ClN5O2/c1-14-6-7-15(21-26-18-12-16(23)8-9-20(18)30-21)13-27(14)22(29)17-4-2-3-5-19(17)28-24-10-11-25-28/h2-5,8-12,14-15H,6-7,13H2,1H3/t14-,15-/m1/s1. The number of hydrogen-bond acceptors (Lipinski definition) is 5. The van der Waals surface area contributed by atoms with Crippen LogP contribution in [-0.4, -0.2) is 43.4 Å². The second-order valence-electron chi connectivity index (χ2n) is 7.58. The van der Waals surface area contributed by atoms with Crippen LogP contribution in [0.25, 0.3) is 16.8 Å². The van der Waals surface area contributed by atoms with Crippen LogP contribution in [-0.2, 0) is 0 Å². The highest BCUT2D eigenvalue weighted by molar-refractivity contribution is 6.31. The lowest BCUT2D eigenvalue weighted by Gasteiger charge is -2.37. The number of carbonyl (C=O) groups excluding carboxylic acids is 1. The average Bonchev–Trinajstić information content (AvgIpc) is 3.43. The van der Waals surface area contributed by atoms with Crippen LogP contribution in [0.1, 0.15) is 41.9 Å². The van der Waals surface area contributed by atoms with Gasteiger partial charge in [-0.3, -0.25) is 4.79 Å². The van der Waals surface area contributed by atoms with Crippen LogP contribution in [0.5, 0.6) is 0 Å². The molecule has 4 aromatic rings. The molecule has 2 aromatic heterocycles. The van der Waals surface area contributed by atoms with Gasteiger partial charge in [0.15, 0.2) is 11.5 Å². The van der Waals surface area contributed by atoms with E-state index in [1.54, 1.807) is 24.5 Å². The molecule has 1 saturated heterocycles. The van der Waals surface area contributed by atoms with Crippen molar-refractivity contribution < 1.29 is 9.21 Å². The molecule has 0 aliphatic carbocycles. The molecule has 2 atom stereocenters. The zero-order chi connectivity index (χ0) is 20.7. The number of likely N-dealkylation sites (tertiary alicyclic amines) is 1. The monoisotopic (exact) mass is 421 g/mol. The molecule has 152 valence electrons. The van der Waals surface area contributed by atoms with Crippen molar-refractivity contribution in [3.05, 3.63) is 71.3 Å². The number of oxazole rings is 1. The van der Waals surface area contributed by atoms with Crippen molar-refractivity contribution in [1.29, 1.82) is 0 Å². The molecule has 1 aliphatic heterocycles. The number of piperidine rings is 1. The predicted molar refractivity (Wildman–Crippen MR) is 113 cm³/mol. The van der Waals surface area contributed by atoms with Gasteiger partial charge in [0.1, 0.15) is 5.52 Å². The van der Waals surface area contributed by atoms with Gasteiger partial charge in [-0.2, -0.15) is 15.0 Å². The third-order valence-electron chi connectivity index (χ3n) is 5.63. The maximum atomic E-state index is 13.5. The highest BCUT2D eigenvalue weighted by Gasteiger charge is 2.33. The molecule has 7 nitrogen and oxygen atoms in total. The molecule has 0 saturated carbocycles. The molecule has 5 rings (SSSR count). The zero-order valence-corrected chi connectivity index (χ0v) is 17.2. The Labute approximate surface area is 178 Å². The van der Waals surface area contributed by atoms with Crippen LogP contribution in [0.15, 0.2) is 59.3 Å². The summed E-state index contributed by atoms with van der Waals surface area (Å²) in [5.74, 6) is 0.643. The third kappa shape index (κ3) is 3.35. The van der Waals surface area contributed by atoms with E-state index in [0.29, 0.717) is 34.3 Å². The van der Waals surface area contributed by atoms with Crippen LogP contribution in [0.3, 0.4) is 0 Å². The van der Waals surface area contributed by atoms with Crippen LogP contribution in [0.2, 0.25) is 5.02 Å². The van der Waals surface area contributed by atoms with Crippen molar-refractivity contribution in [3.8, 4) is 5.69 Å². The van der Waals surface area contributed by atoms with E-state index >= 15 is 0 Å². The predicted octanol–water partition coefficient (Wildman–Crippen LogP) is 4.47. The first kappa shape index (κ1) is 18.8. The topological polar surface area (TPSA) is 77.0 Å². The molecule has 0 spiro atoms. The second-order valence-corrected chi connectivity index (χ2v) is 8.02. The fourth-order valence-electron chi connectivity index (χ4n) is 4.01. The Morgan fingerprint density at radius 3 is 2.77 bits per heavy atom. The lowest BCUT2D eigenvalue weighted by molar-refractivity contribution is 0.0597. The number of halogens is 1. The van der Waals surface area contributed by atoms with Crippen molar-refractivity contribution in [2.45, 2.75) is 31.7 Å². The molecular formula is C22H20ClN5O2. The number of para-hydroxylation sites is 1. The first-order valence-corrected chi connectivity index (χ1v) is 10.3. The number of rotatable bonds is 3. The molecule has 0 N–H and O–H groups in total. The first-order valence-electron chi connectivity index (χ1n) is 9.93. The number of amides is 1. The Bertz CT molecular complexity index is 1200. The summed E-state index contributed by atoms with van der Waals surface area (Å²) in [5, 5.41) is 9.00. The van der Waals surface area contributed by atoms with Crippen LogP contribution in [0, 0.1) is 0 Å². The summed E-state index contributed by atoms with van der Waals surface area (Å²) < 4.78 is 5.98. The number of aromatic nitrogens is 4. The van der Waals surface area contributed by atoms with Gasteiger partial charge in [0.05, 0.1) is 29.6 Å². The zero-order valence-electron chi connectivity index (χ0n) is 16.4. The lowest BCUT2D eigenvalue weighted by atomic mass is 9.92. The minimum Gasteiger partial charge on any atom is -0.440 e. The summed E-state index contributed by atoms with van der Waals surface area (Å²) in [7, 11) is 0. The number of fused-ring (bicyclic) bond motifs is 1. The van der Waals surface area contributed by atoms with Crippen molar-refractivity contribution in [1.82, 2.24) is 24.9 Å². The Balaban J connectivity index is 1.45. The molecule has 30 heavy (non-hydrogen) atoms. The molecule has 0 unspecified atom stereocenters. The summed E-state index contributed by atoms with van der Waals surface area (Å²) in [5.41, 5.74) is 2.69. The van der Waals surface area contributed by atoms with Gasteiger partial charge in [-0.25, -0.2) is 4.98 Å². The van der Waals surface area contributed by atoms with Crippen LogP contribution >= 0.6 is 11.6 Å². The van der Waals surface area contributed by atoms with E-state index in [1.807, 2.05) is 35.2 Å². The molecule has 1 aliphatic rings. The number of hydrogen-bond donors (Lipinski definition) is 0. The molecule has 1 fully saturated rings. The van der Waals surface area contributed by atoms with Crippen LogP contribution in [0.4, 0.5) is 0 Å². The lowest BCUT2D eigenvalue weighted by Crippen LogP contribution is -2.45. The summed E-state index contributed by atoms with van der Waals surface area (Å²) in [6, 6.07) is 12.9. The van der Waals surface area contributed by atoms with E-state index in [1.165, 1.54) is 4.80 Å². The molecular weight excluding hydrogens is 402 g/mol. The molecule has 0 bridgehead atoms. The molecule has 8 heteroatoms. The average molecular weight is 422 g/mol. The highest BCUT2D eigenvalue weighted by atomic mass is 35.5. The second kappa shape index (κ2) is 7.57. The third-order valence-corrected chi connectivity index (χ3v) is 5.86. The van der Waals surface area contributed by atoms with Crippen molar-refractivity contribution in [2.75, 3.05) is 6.54 Å². The minimum atomic E-state index is -0.0424. The van der Waals surface area contributed by atoms with E-state index < -0.39 is 0 Å². The van der Waals surface area contributed by atoms with Gasteiger partial charge in [-0.1, -0.05) is 23.7 Å². The van der Waals surface area contributed by atoms with Gasteiger partial charge >= 0.3 is 0 Å². The quantitative estimate of drug-likeness (QED) is 0.487. The Kier molecular flexibility index (Phi) is 4.75. The summed E-state index contributed by atoms with van der Waals surface area (Å²) in [6.45, 7) is 2.62. The van der Waals surface area contributed by atoms with Gasteiger partial charge in [0.25, 0.3) is 5.91 Å². The fourth-order valence-corrected chi connectivity index (χ4v) is 4.17. The maximum Gasteiger partial charge on any atom is 0.256 e. The molecule has 3 heterocycles. The number of benzene rings is 2. The van der Waals surface area contributed by atoms with E-state index in [2.05, 4.69) is 22.1 Å². The van der Waals surface area contributed by atoms with E-state index in [-0.39, 0.29) is 17.9 Å². The molecule has 1 amide bonds. The number of nitrogens with zero attached hydrogens (tertiary/aromatic N) is 5. The van der Waals surface area contributed by atoms with E-state index in [4.69, 9.17) is 16.0 Å². The summed E-state index contributed by atoms with van der Waals surface area (Å²) >= 11 is 6.08. The summed E-state index contributed by atoms with van der Waals surface area (Å²) in [6.07, 6.45) is 4.98. The van der Waals surface area contributed by atoms with Crippen LogP contribution < -0.4 is 0 Å². The van der Waals surface area contributed by atoms with Gasteiger partial charge in [0.2, 0.25) is 0 Å². The summed E-state index contributed by atoms with van der Waals surface area (Å²) in [4.78, 5) is 21.5. The smallest absolute Gasteiger partial charge is 0.256 e. The largest absolute Gasteiger partial charge is 0.440 e. The van der Waals surface area contributed by atoms with E-state index in [9.17, 15) is 4.79 Å². The Morgan fingerprint density at radius 2 is 1.93 bits per heavy atom. The fraction of sp³-hybridized carbons (Fsp3) is 0.273. The van der Waals surface area contributed by atoms with E-state index in [0.717, 1.165) is 18.4 Å². The Morgan fingerprint density at radius 1 is 1.13 bits per heavy atom. The minimum absolute atomic E-state index is 0.0336. The normalized spacial score (nSPS) is 19.3. The van der Waals surface area contributed by atoms with Gasteiger partial charge < -0.3 is 9.32 Å². The van der Waals surface area contributed by atoms with Gasteiger partial charge in [-0.15, -0.1) is 0 Å². The van der Waals surface area contributed by atoms with Crippen molar-refractivity contribution in [2.24, 2.45) is 0 Å². The molecule has 2 aromatic carbocycles. The number of carbonyl (C=O) groups is 1. The van der Waals surface area contributed by atoms with Crippen molar-refractivity contribution >= 4 is 28.6 Å². The first-order chi connectivity index (χ1) is 14.6. The van der Waals surface area contributed by atoms with Crippen molar-refractivity contribution in [3.63, 3.8) is 0 Å². The highest BCUT2D eigenvalue weighted by Crippen LogP contribution is 2.33. The van der Waals surface area contributed by atoms with Gasteiger partial charge in [0, 0.05) is 17.6 Å².